The van der Waals surface area contributed by atoms with Gasteiger partial charge in [0.15, 0.2) is 0 Å². The molecule has 7 unspecified atom stereocenters. The summed E-state index contributed by atoms with van der Waals surface area (Å²) in [7, 11) is 0. The third-order valence-corrected chi connectivity index (χ3v) is 6.57. The molecule has 2 saturated carbocycles. The summed E-state index contributed by atoms with van der Waals surface area (Å²) >= 11 is 0. The minimum absolute atomic E-state index is 0.0373. The van der Waals surface area contributed by atoms with Crippen molar-refractivity contribution >= 4 is 23.9 Å². The number of rotatable bonds is 6. The second-order valence-electron chi connectivity index (χ2n) is 9.33. The van der Waals surface area contributed by atoms with Gasteiger partial charge in [-0.25, -0.2) is 9.59 Å². The number of ether oxygens (including phenoxy) is 4. The molecule has 2 aliphatic heterocycles. The summed E-state index contributed by atoms with van der Waals surface area (Å²) in [6, 6.07) is 0. The van der Waals surface area contributed by atoms with E-state index in [0.29, 0.717) is 6.42 Å². The van der Waals surface area contributed by atoms with E-state index < -0.39 is 41.6 Å². The predicted octanol–water partition coefficient (Wildman–Crippen LogP) is 1.70. The Morgan fingerprint density at radius 3 is 2.52 bits per heavy atom. The molecule has 0 N–H and O–H groups in total. The summed E-state index contributed by atoms with van der Waals surface area (Å²) in [6.07, 6.45) is -0.273. The van der Waals surface area contributed by atoms with E-state index in [-0.39, 0.29) is 48.2 Å². The highest BCUT2D eigenvalue weighted by Crippen LogP contribution is 2.55. The molecule has 0 aromatic carbocycles. The number of carbonyl (C=O) groups is 4. The van der Waals surface area contributed by atoms with Crippen LogP contribution in [-0.2, 0) is 38.1 Å². The average molecular weight is 406 g/mol. The quantitative estimate of drug-likeness (QED) is 0.373. The maximum absolute atomic E-state index is 12.9. The van der Waals surface area contributed by atoms with Crippen LogP contribution in [-0.4, -0.2) is 48.3 Å². The summed E-state index contributed by atoms with van der Waals surface area (Å²) in [6.45, 7) is 8.45. The lowest BCUT2D eigenvalue weighted by molar-refractivity contribution is -0.172. The van der Waals surface area contributed by atoms with E-state index in [9.17, 15) is 19.2 Å². The van der Waals surface area contributed by atoms with E-state index in [1.165, 1.54) is 6.92 Å². The smallest absolute Gasteiger partial charge is 0.347 e. The van der Waals surface area contributed by atoms with Gasteiger partial charge in [0.2, 0.25) is 6.10 Å². The maximum atomic E-state index is 12.9. The summed E-state index contributed by atoms with van der Waals surface area (Å²) in [5, 5.41) is 0. The van der Waals surface area contributed by atoms with E-state index in [4.69, 9.17) is 18.9 Å². The molecule has 158 valence electrons. The van der Waals surface area contributed by atoms with Gasteiger partial charge in [-0.05, 0) is 33.6 Å². The second-order valence-corrected chi connectivity index (χ2v) is 9.33. The molecule has 8 nitrogen and oxygen atoms in total. The first kappa shape index (κ1) is 19.9. The molecule has 0 aromatic rings. The molecular weight excluding hydrogens is 380 g/mol. The van der Waals surface area contributed by atoms with Crippen molar-refractivity contribution in [3.8, 4) is 0 Å². The standard InChI is InChI=1S/C21H26O8/c1-9(2)17(22)27-14-7-11(26-19(14)24)8-21(3,4)20(25)29-15-10-5-12-13(6-10)18(23)28-16(12)15/h10-16H,1,5-8H2,2-4H3. The van der Waals surface area contributed by atoms with Crippen LogP contribution in [0, 0.1) is 23.2 Å². The monoisotopic (exact) mass is 406 g/mol. The zero-order chi connectivity index (χ0) is 21.1. The number of hydrogen-bond acceptors (Lipinski definition) is 8. The van der Waals surface area contributed by atoms with E-state index in [1.54, 1.807) is 13.8 Å². The molecule has 29 heavy (non-hydrogen) atoms. The van der Waals surface area contributed by atoms with Crippen LogP contribution in [0.2, 0.25) is 0 Å². The lowest BCUT2D eigenvalue weighted by atomic mass is 9.85. The molecule has 8 heteroatoms. The van der Waals surface area contributed by atoms with Gasteiger partial charge in [-0.2, -0.15) is 0 Å². The Labute approximate surface area is 168 Å². The van der Waals surface area contributed by atoms with Crippen molar-refractivity contribution < 1.29 is 38.1 Å². The summed E-state index contributed by atoms with van der Waals surface area (Å²) in [5.74, 6) is -1.56. The van der Waals surface area contributed by atoms with Crippen molar-refractivity contribution in [3.63, 3.8) is 0 Å². The molecule has 2 heterocycles. The average Bonchev–Trinajstić information content (AvgIpc) is 3.32. The van der Waals surface area contributed by atoms with Crippen molar-refractivity contribution in [2.45, 2.75) is 70.9 Å². The van der Waals surface area contributed by atoms with Gasteiger partial charge in [0.1, 0.15) is 18.3 Å². The number of fused-ring (bicyclic) bond motifs is 1. The molecular formula is C21H26O8. The first-order chi connectivity index (χ1) is 13.6. The van der Waals surface area contributed by atoms with E-state index >= 15 is 0 Å². The zero-order valence-corrected chi connectivity index (χ0v) is 16.8. The van der Waals surface area contributed by atoms with Gasteiger partial charge in [-0.15, -0.1) is 0 Å². The van der Waals surface area contributed by atoms with Gasteiger partial charge in [0.05, 0.1) is 11.3 Å². The fourth-order valence-electron chi connectivity index (χ4n) is 5.07. The Morgan fingerprint density at radius 1 is 1.10 bits per heavy atom. The summed E-state index contributed by atoms with van der Waals surface area (Å²) in [5.41, 5.74) is -0.715. The molecule has 0 amide bonds. The Kier molecular flexibility index (Phi) is 4.70. The van der Waals surface area contributed by atoms with Gasteiger partial charge in [-0.3, -0.25) is 9.59 Å². The largest absolute Gasteiger partial charge is 0.459 e. The fraction of sp³-hybridized carbons (Fsp3) is 0.714. The molecule has 2 bridgehead atoms. The SMILES string of the molecule is C=C(C)C(=O)OC1CC(CC(C)(C)C(=O)OC2C3CC4C(=O)OC2C4C3)OC1=O. The normalized spacial score (nSPS) is 37.3. The Balaban J connectivity index is 1.34. The first-order valence-corrected chi connectivity index (χ1v) is 10.1. The van der Waals surface area contributed by atoms with Crippen molar-refractivity contribution in [3.05, 3.63) is 12.2 Å². The highest BCUT2D eigenvalue weighted by molar-refractivity contribution is 5.90. The molecule has 0 radical (unpaired) electrons. The maximum Gasteiger partial charge on any atom is 0.347 e. The van der Waals surface area contributed by atoms with Crippen LogP contribution < -0.4 is 0 Å². The van der Waals surface area contributed by atoms with Crippen LogP contribution in [0.1, 0.15) is 46.5 Å². The molecule has 2 saturated heterocycles. The van der Waals surface area contributed by atoms with Gasteiger partial charge in [-0.1, -0.05) is 6.58 Å². The lowest BCUT2D eigenvalue weighted by Gasteiger charge is -2.31. The minimum Gasteiger partial charge on any atom is -0.459 e. The molecule has 4 fully saturated rings. The van der Waals surface area contributed by atoms with Crippen LogP contribution in [0.5, 0.6) is 0 Å². The molecule has 7 atom stereocenters. The molecule has 4 aliphatic rings. The van der Waals surface area contributed by atoms with Gasteiger partial charge >= 0.3 is 23.9 Å². The van der Waals surface area contributed by atoms with E-state index in [1.807, 2.05) is 0 Å². The van der Waals surface area contributed by atoms with Crippen molar-refractivity contribution in [1.82, 2.24) is 0 Å². The van der Waals surface area contributed by atoms with Gasteiger partial charge < -0.3 is 18.9 Å². The highest BCUT2D eigenvalue weighted by atomic mass is 16.6. The second kappa shape index (κ2) is 6.85. The van der Waals surface area contributed by atoms with Gasteiger partial charge in [0, 0.05) is 30.3 Å². The summed E-state index contributed by atoms with van der Waals surface area (Å²) in [4.78, 5) is 48.4. The number of carbonyl (C=O) groups excluding carboxylic acids is 4. The zero-order valence-electron chi connectivity index (χ0n) is 16.8. The lowest BCUT2D eigenvalue weighted by Crippen LogP contribution is -2.40. The van der Waals surface area contributed by atoms with Crippen molar-refractivity contribution in [1.29, 1.82) is 0 Å². The van der Waals surface area contributed by atoms with Gasteiger partial charge in [0.25, 0.3) is 0 Å². The fourth-order valence-corrected chi connectivity index (χ4v) is 5.07. The third kappa shape index (κ3) is 3.42. The summed E-state index contributed by atoms with van der Waals surface area (Å²) < 4.78 is 21.6. The Hall–Kier alpha value is -2.38. The van der Waals surface area contributed by atoms with Crippen LogP contribution in [0.15, 0.2) is 12.2 Å². The third-order valence-electron chi connectivity index (χ3n) is 6.57. The number of esters is 4. The molecule has 0 spiro atoms. The van der Waals surface area contributed by atoms with Crippen LogP contribution in [0.25, 0.3) is 0 Å². The van der Waals surface area contributed by atoms with Crippen LogP contribution in [0.3, 0.4) is 0 Å². The molecule has 2 aliphatic carbocycles. The Morgan fingerprint density at radius 2 is 1.83 bits per heavy atom. The first-order valence-electron chi connectivity index (χ1n) is 10.1. The van der Waals surface area contributed by atoms with Crippen molar-refractivity contribution in [2.24, 2.45) is 23.2 Å². The van der Waals surface area contributed by atoms with Crippen molar-refractivity contribution in [2.75, 3.05) is 0 Å². The van der Waals surface area contributed by atoms with Crippen LogP contribution >= 0.6 is 0 Å². The molecule has 0 aromatic heterocycles. The van der Waals surface area contributed by atoms with E-state index in [0.717, 1.165) is 6.42 Å². The highest BCUT2D eigenvalue weighted by Gasteiger charge is 2.63. The Bertz CT molecular complexity index is 784. The topological polar surface area (TPSA) is 105 Å². The number of hydrogen-bond donors (Lipinski definition) is 0. The number of cyclic esters (lactones) is 1. The van der Waals surface area contributed by atoms with Crippen LogP contribution in [0.4, 0.5) is 0 Å². The van der Waals surface area contributed by atoms with E-state index in [2.05, 4.69) is 6.58 Å². The molecule has 4 rings (SSSR count). The minimum atomic E-state index is -0.989. The predicted molar refractivity (Wildman–Crippen MR) is 97.1 cm³/mol.